The molecule has 0 bridgehead atoms. The van der Waals surface area contributed by atoms with Crippen molar-refractivity contribution >= 4 is 33.1 Å². The molecule has 21 heavy (non-hydrogen) atoms. The third-order valence-corrected chi connectivity index (χ3v) is 5.38. The second kappa shape index (κ2) is 5.22. The maximum absolute atomic E-state index is 4.59. The van der Waals surface area contributed by atoms with Crippen LogP contribution < -0.4 is 5.32 Å². The molecule has 1 atom stereocenters. The van der Waals surface area contributed by atoms with Gasteiger partial charge in [0.25, 0.3) is 0 Å². The van der Waals surface area contributed by atoms with Gasteiger partial charge in [-0.25, -0.2) is 9.97 Å². The van der Waals surface area contributed by atoms with E-state index in [4.69, 9.17) is 0 Å². The first-order chi connectivity index (χ1) is 10.3. The van der Waals surface area contributed by atoms with Crippen molar-refractivity contribution in [3.8, 4) is 0 Å². The highest BCUT2D eigenvalue weighted by Gasteiger charge is 2.22. The van der Waals surface area contributed by atoms with E-state index in [9.17, 15) is 0 Å². The minimum Gasteiger partial charge on any atom is -0.361 e. The molecule has 1 aliphatic carbocycles. The van der Waals surface area contributed by atoms with Gasteiger partial charge in [0.2, 0.25) is 0 Å². The van der Waals surface area contributed by atoms with Gasteiger partial charge in [0.1, 0.15) is 17.0 Å². The Kier molecular flexibility index (Phi) is 3.22. The fourth-order valence-corrected chi connectivity index (χ4v) is 4.35. The van der Waals surface area contributed by atoms with Gasteiger partial charge >= 0.3 is 0 Å². The summed E-state index contributed by atoms with van der Waals surface area (Å²) in [5, 5.41) is 4.78. The standard InChI is InChI=1S/C16H18N4S/c1-10(12-6-2-3-8-17-12)20-15-14-11-5-4-7-13(11)21-16(14)19-9-18-15/h2,6,9-10H,3-5,7-8H2,1H3,(H,18,19,20). The first kappa shape index (κ1) is 13.0. The Bertz CT molecular complexity index is 744. The first-order valence-electron chi connectivity index (χ1n) is 7.55. The first-order valence-corrected chi connectivity index (χ1v) is 8.37. The number of dihydropyridines is 1. The van der Waals surface area contributed by atoms with E-state index < -0.39 is 0 Å². The summed E-state index contributed by atoms with van der Waals surface area (Å²) in [6.07, 6.45) is 10.6. The zero-order chi connectivity index (χ0) is 14.2. The van der Waals surface area contributed by atoms with Crippen LogP contribution in [0.2, 0.25) is 0 Å². The summed E-state index contributed by atoms with van der Waals surface area (Å²) in [6.45, 7) is 3.04. The number of aromatic nitrogens is 2. The molecule has 0 fully saturated rings. The molecule has 1 unspecified atom stereocenters. The van der Waals surface area contributed by atoms with Crippen LogP contribution in [0.3, 0.4) is 0 Å². The largest absolute Gasteiger partial charge is 0.361 e. The highest BCUT2D eigenvalue weighted by molar-refractivity contribution is 7.19. The van der Waals surface area contributed by atoms with Gasteiger partial charge in [0, 0.05) is 11.4 Å². The van der Waals surface area contributed by atoms with E-state index >= 15 is 0 Å². The summed E-state index contributed by atoms with van der Waals surface area (Å²) in [5.74, 6) is 0.966. The van der Waals surface area contributed by atoms with Crippen LogP contribution >= 0.6 is 11.3 Å². The number of aliphatic imine (C=N–C) groups is 1. The second-order valence-electron chi connectivity index (χ2n) is 5.62. The lowest BCUT2D eigenvalue weighted by molar-refractivity contribution is 0.916. The molecular formula is C16H18N4S. The molecule has 0 radical (unpaired) electrons. The molecular weight excluding hydrogens is 280 g/mol. The molecule has 1 N–H and O–H groups in total. The molecule has 108 valence electrons. The number of fused-ring (bicyclic) bond motifs is 3. The fourth-order valence-electron chi connectivity index (χ4n) is 3.12. The number of aryl methyl sites for hydroxylation is 2. The lowest BCUT2D eigenvalue weighted by Crippen LogP contribution is -2.26. The number of nitrogens with zero attached hydrogens (tertiary/aromatic N) is 3. The molecule has 0 saturated heterocycles. The van der Waals surface area contributed by atoms with Crippen LogP contribution in [-0.4, -0.2) is 28.3 Å². The maximum atomic E-state index is 4.59. The average molecular weight is 298 g/mol. The summed E-state index contributed by atoms with van der Waals surface area (Å²) < 4.78 is 0. The van der Waals surface area contributed by atoms with E-state index in [-0.39, 0.29) is 6.04 Å². The van der Waals surface area contributed by atoms with Crippen LogP contribution in [0.5, 0.6) is 0 Å². The Morgan fingerprint density at radius 2 is 2.24 bits per heavy atom. The Morgan fingerprint density at radius 3 is 3.10 bits per heavy atom. The van der Waals surface area contributed by atoms with Crippen LogP contribution in [-0.2, 0) is 12.8 Å². The Morgan fingerprint density at radius 1 is 1.29 bits per heavy atom. The molecule has 1 aliphatic heterocycles. The van der Waals surface area contributed by atoms with Gasteiger partial charge in [-0.05, 0) is 44.2 Å². The van der Waals surface area contributed by atoms with E-state index in [1.807, 2.05) is 11.3 Å². The van der Waals surface area contributed by atoms with Crippen molar-refractivity contribution in [2.45, 2.75) is 38.6 Å². The Hall–Kier alpha value is -1.75. The minimum atomic E-state index is 0.177. The number of nitrogens with one attached hydrogen (secondary N) is 1. The number of hydrogen-bond acceptors (Lipinski definition) is 5. The van der Waals surface area contributed by atoms with Gasteiger partial charge in [-0.1, -0.05) is 6.08 Å². The topological polar surface area (TPSA) is 50.2 Å². The zero-order valence-electron chi connectivity index (χ0n) is 12.1. The highest BCUT2D eigenvalue weighted by atomic mass is 32.1. The van der Waals surface area contributed by atoms with Gasteiger partial charge in [0.15, 0.2) is 0 Å². The molecule has 4 nitrogen and oxygen atoms in total. The van der Waals surface area contributed by atoms with Crippen molar-refractivity contribution in [1.82, 2.24) is 9.97 Å². The minimum absolute atomic E-state index is 0.177. The van der Waals surface area contributed by atoms with E-state index in [1.54, 1.807) is 6.33 Å². The van der Waals surface area contributed by atoms with Crippen LogP contribution in [0.25, 0.3) is 10.2 Å². The highest BCUT2D eigenvalue weighted by Crippen LogP contribution is 2.39. The van der Waals surface area contributed by atoms with E-state index in [1.165, 1.54) is 28.7 Å². The quantitative estimate of drug-likeness (QED) is 0.945. The molecule has 2 aromatic heterocycles. The maximum Gasteiger partial charge on any atom is 0.138 e. The van der Waals surface area contributed by atoms with Crippen molar-refractivity contribution in [3.63, 3.8) is 0 Å². The van der Waals surface area contributed by atoms with Crippen LogP contribution in [0.4, 0.5) is 5.82 Å². The molecule has 0 saturated carbocycles. The molecule has 0 aromatic carbocycles. The number of thiophene rings is 1. The summed E-state index contributed by atoms with van der Waals surface area (Å²) in [4.78, 5) is 16.1. The molecule has 4 rings (SSSR count). The summed E-state index contributed by atoms with van der Waals surface area (Å²) in [6, 6.07) is 0.177. The molecule has 2 aliphatic rings. The van der Waals surface area contributed by atoms with E-state index in [2.05, 4.69) is 39.4 Å². The number of anilines is 1. The van der Waals surface area contributed by atoms with Gasteiger partial charge < -0.3 is 5.32 Å². The zero-order valence-corrected chi connectivity index (χ0v) is 12.9. The lowest BCUT2D eigenvalue weighted by atomic mass is 10.1. The summed E-state index contributed by atoms with van der Waals surface area (Å²) >= 11 is 1.83. The molecule has 3 heterocycles. The van der Waals surface area contributed by atoms with Crippen molar-refractivity contribution in [2.75, 3.05) is 11.9 Å². The second-order valence-corrected chi connectivity index (χ2v) is 6.71. The van der Waals surface area contributed by atoms with Crippen molar-refractivity contribution in [2.24, 2.45) is 4.99 Å². The number of rotatable bonds is 3. The monoisotopic (exact) mass is 298 g/mol. The predicted octanol–water partition coefficient (Wildman–Crippen LogP) is 3.38. The Labute approximate surface area is 128 Å². The van der Waals surface area contributed by atoms with Crippen molar-refractivity contribution in [3.05, 3.63) is 28.9 Å². The third-order valence-electron chi connectivity index (χ3n) is 4.18. The molecule has 2 aromatic rings. The van der Waals surface area contributed by atoms with Gasteiger partial charge in [-0.2, -0.15) is 0 Å². The predicted molar refractivity (Wildman–Crippen MR) is 88.6 cm³/mol. The normalized spacial score (nSPS) is 18.6. The SMILES string of the molecule is CC(Nc1ncnc2sc3c(c12)CCC3)C1=NCCC=C1. The Balaban J connectivity index is 1.70. The van der Waals surface area contributed by atoms with E-state index in [0.29, 0.717) is 0 Å². The number of hydrogen-bond donors (Lipinski definition) is 1. The molecule has 0 spiro atoms. The summed E-state index contributed by atoms with van der Waals surface area (Å²) in [5.41, 5.74) is 2.58. The van der Waals surface area contributed by atoms with Gasteiger partial charge in [0.05, 0.1) is 17.1 Å². The lowest BCUT2D eigenvalue weighted by Gasteiger charge is -2.17. The average Bonchev–Trinajstić information content (AvgIpc) is 3.09. The fraction of sp³-hybridized carbons (Fsp3) is 0.438. The van der Waals surface area contributed by atoms with Crippen molar-refractivity contribution < 1.29 is 0 Å². The third kappa shape index (κ3) is 2.25. The van der Waals surface area contributed by atoms with Gasteiger partial charge in [-0.15, -0.1) is 11.3 Å². The van der Waals surface area contributed by atoms with Crippen LogP contribution in [0.1, 0.15) is 30.2 Å². The summed E-state index contributed by atoms with van der Waals surface area (Å²) in [7, 11) is 0. The van der Waals surface area contributed by atoms with Gasteiger partial charge in [-0.3, -0.25) is 4.99 Å². The van der Waals surface area contributed by atoms with Crippen LogP contribution in [0, 0.1) is 0 Å². The molecule has 5 heteroatoms. The molecule has 0 amide bonds. The smallest absolute Gasteiger partial charge is 0.138 e. The van der Waals surface area contributed by atoms with Crippen molar-refractivity contribution in [1.29, 1.82) is 0 Å². The van der Waals surface area contributed by atoms with Crippen LogP contribution in [0.15, 0.2) is 23.5 Å². The van der Waals surface area contributed by atoms with E-state index in [0.717, 1.165) is 35.7 Å².